The van der Waals surface area contributed by atoms with Gasteiger partial charge in [0.25, 0.3) is 5.88 Å². The average Bonchev–Trinajstić information content (AvgIpc) is 3.53. The topological polar surface area (TPSA) is 104 Å². The van der Waals surface area contributed by atoms with Crippen LogP contribution in [0.2, 0.25) is 0 Å². The maximum atomic E-state index is 10.1. The number of benzene rings is 1. The Labute approximate surface area is 217 Å². The summed E-state index contributed by atoms with van der Waals surface area (Å²) in [6.45, 7) is 13.1. The monoisotopic (exact) mass is 504 g/mol. The summed E-state index contributed by atoms with van der Waals surface area (Å²) in [5.74, 6) is 2.52. The first-order valence-corrected chi connectivity index (χ1v) is 13.1. The van der Waals surface area contributed by atoms with Gasteiger partial charge in [-0.25, -0.2) is 0 Å². The van der Waals surface area contributed by atoms with Crippen LogP contribution in [0.4, 0.5) is 0 Å². The van der Waals surface area contributed by atoms with Crippen LogP contribution in [-0.4, -0.2) is 74.6 Å². The van der Waals surface area contributed by atoms with Crippen LogP contribution in [0.5, 0.6) is 11.6 Å². The standard InChI is InChI=1S/C28H36N6O3/c1-19(2)20(3)26-17-27(32-37-26)36-14-6-9-33-10-12-34(13-11-33)18-22-15-21-16-24(30-31-28(21)29-22)23-7-4-5-8-25(23)35/h4-5,7-8,15-17,19-20,35H,6,9-14,18H2,1-3H3,(H,29,31)/t20-/m1/s1. The number of hydrogen-bond acceptors (Lipinski definition) is 8. The van der Waals surface area contributed by atoms with E-state index in [1.54, 1.807) is 12.1 Å². The van der Waals surface area contributed by atoms with E-state index in [9.17, 15) is 5.11 Å². The molecule has 4 aromatic rings. The highest BCUT2D eigenvalue weighted by Gasteiger charge is 2.19. The van der Waals surface area contributed by atoms with E-state index in [0.29, 0.717) is 35.6 Å². The molecule has 0 radical (unpaired) electrons. The average molecular weight is 505 g/mol. The van der Waals surface area contributed by atoms with Gasteiger partial charge in [-0.05, 0) is 41.8 Å². The Hall–Kier alpha value is -3.43. The fourth-order valence-electron chi connectivity index (χ4n) is 4.66. The van der Waals surface area contributed by atoms with Crippen molar-refractivity contribution >= 4 is 11.0 Å². The maximum absolute atomic E-state index is 10.1. The molecule has 5 rings (SSSR count). The number of aromatic nitrogens is 4. The number of aromatic amines is 1. The molecule has 9 nitrogen and oxygen atoms in total. The minimum Gasteiger partial charge on any atom is -0.507 e. The molecule has 1 fully saturated rings. The third-order valence-electron chi connectivity index (χ3n) is 7.30. The zero-order chi connectivity index (χ0) is 25.8. The predicted molar refractivity (Wildman–Crippen MR) is 143 cm³/mol. The van der Waals surface area contributed by atoms with Crippen molar-refractivity contribution in [2.45, 2.75) is 39.7 Å². The molecule has 196 valence electrons. The van der Waals surface area contributed by atoms with Gasteiger partial charge in [0.2, 0.25) is 0 Å². The molecule has 4 heterocycles. The normalized spacial score (nSPS) is 16.0. The van der Waals surface area contributed by atoms with Gasteiger partial charge < -0.3 is 24.3 Å². The molecule has 0 spiro atoms. The van der Waals surface area contributed by atoms with Crippen LogP contribution in [0, 0.1) is 5.92 Å². The number of nitrogens with one attached hydrogen (secondary N) is 1. The van der Waals surface area contributed by atoms with Crippen molar-refractivity contribution in [2.75, 3.05) is 39.3 Å². The molecule has 1 saturated heterocycles. The Morgan fingerprint density at radius 2 is 1.81 bits per heavy atom. The quantitative estimate of drug-likeness (QED) is 0.301. The van der Waals surface area contributed by atoms with Crippen LogP contribution in [0.25, 0.3) is 22.3 Å². The lowest BCUT2D eigenvalue weighted by Gasteiger charge is -2.34. The Bertz CT molecular complexity index is 1310. The number of piperazine rings is 1. The van der Waals surface area contributed by atoms with Crippen molar-refractivity contribution in [1.29, 1.82) is 0 Å². The number of phenols is 1. The van der Waals surface area contributed by atoms with Crippen molar-refractivity contribution in [2.24, 2.45) is 5.92 Å². The fraction of sp³-hybridized carbons (Fsp3) is 0.464. The van der Waals surface area contributed by atoms with Gasteiger partial charge in [-0.3, -0.25) is 4.90 Å². The minimum absolute atomic E-state index is 0.208. The molecule has 1 atom stereocenters. The number of aromatic hydroxyl groups is 1. The van der Waals surface area contributed by atoms with Gasteiger partial charge in [0.05, 0.1) is 12.3 Å². The SMILES string of the molecule is CC(C)[C@@H](C)c1cc(OCCCN2CCN(Cc3cc4cc(-c5ccccc5O)nnc4[nH]3)CC2)no1. The third kappa shape index (κ3) is 6.11. The lowest BCUT2D eigenvalue weighted by Crippen LogP contribution is -2.46. The summed E-state index contributed by atoms with van der Waals surface area (Å²) < 4.78 is 11.2. The highest BCUT2D eigenvalue weighted by molar-refractivity contribution is 5.81. The largest absolute Gasteiger partial charge is 0.507 e. The first kappa shape index (κ1) is 25.2. The van der Waals surface area contributed by atoms with E-state index in [1.165, 1.54) is 0 Å². The van der Waals surface area contributed by atoms with Crippen molar-refractivity contribution in [3.63, 3.8) is 0 Å². The summed E-state index contributed by atoms with van der Waals surface area (Å²) in [7, 11) is 0. The number of H-pyrrole nitrogens is 1. The van der Waals surface area contributed by atoms with Crippen LogP contribution in [0.3, 0.4) is 0 Å². The summed E-state index contributed by atoms with van der Waals surface area (Å²) >= 11 is 0. The summed E-state index contributed by atoms with van der Waals surface area (Å²) in [5.41, 5.74) is 3.25. The number of fused-ring (bicyclic) bond motifs is 1. The summed E-state index contributed by atoms with van der Waals surface area (Å²) in [5, 5.41) is 23.8. The first-order chi connectivity index (χ1) is 18.0. The van der Waals surface area contributed by atoms with Gasteiger partial charge in [-0.2, -0.15) is 0 Å². The van der Waals surface area contributed by atoms with E-state index in [2.05, 4.69) is 57.0 Å². The molecule has 0 aliphatic carbocycles. The molecule has 37 heavy (non-hydrogen) atoms. The zero-order valence-corrected chi connectivity index (χ0v) is 21.9. The predicted octanol–water partition coefficient (Wildman–Crippen LogP) is 4.66. The number of rotatable bonds is 10. The number of ether oxygens (including phenoxy) is 1. The van der Waals surface area contributed by atoms with Crippen LogP contribution < -0.4 is 4.74 Å². The lowest BCUT2D eigenvalue weighted by atomic mass is 9.96. The third-order valence-corrected chi connectivity index (χ3v) is 7.30. The van der Waals surface area contributed by atoms with Crippen molar-refractivity contribution in [3.8, 4) is 22.9 Å². The zero-order valence-electron chi connectivity index (χ0n) is 21.9. The van der Waals surface area contributed by atoms with Crippen LogP contribution in [0.1, 0.15) is 44.6 Å². The molecule has 0 saturated carbocycles. The van der Waals surface area contributed by atoms with Crippen molar-refractivity contribution < 1.29 is 14.4 Å². The van der Waals surface area contributed by atoms with E-state index in [0.717, 1.165) is 68.2 Å². The highest BCUT2D eigenvalue weighted by atomic mass is 16.5. The smallest absolute Gasteiger partial charge is 0.254 e. The molecule has 0 unspecified atom stereocenters. The lowest BCUT2D eigenvalue weighted by molar-refractivity contribution is 0.120. The highest BCUT2D eigenvalue weighted by Crippen LogP contribution is 2.29. The molecule has 1 aliphatic heterocycles. The van der Waals surface area contributed by atoms with Crippen LogP contribution in [0.15, 0.2) is 47.0 Å². The molecule has 3 aromatic heterocycles. The molecule has 2 N–H and O–H groups in total. The van der Waals surface area contributed by atoms with E-state index in [-0.39, 0.29) is 5.75 Å². The van der Waals surface area contributed by atoms with Gasteiger partial charge in [-0.15, -0.1) is 10.2 Å². The number of para-hydroxylation sites is 1. The van der Waals surface area contributed by atoms with Gasteiger partial charge in [0.1, 0.15) is 11.5 Å². The molecule has 1 aliphatic rings. The molecule has 0 bridgehead atoms. The van der Waals surface area contributed by atoms with Gasteiger partial charge in [-0.1, -0.05) is 32.9 Å². The van der Waals surface area contributed by atoms with Crippen molar-refractivity contribution in [3.05, 3.63) is 53.9 Å². The van der Waals surface area contributed by atoms with E-state index < -0.39 is 0 Å². The Morgan fingerprint density at radius 3 is 2.59 bits per heavy atom. The molecule has 1 aromatic carbocycles. The fourth-order valence-corrected chi connectivity index (χ4v) is 4.66. The van der Waals surface area contributed by atoms with E-state index >= 15 is 0 Å². The molecule has 9 heteroatoms. The van der Waals surface area contributed by atoms with Gasteiger partial charge >= 0.3 is 0 Å². The second-order valence-electron chi connectivity index (χ2n) is 10.3. The summed E-state index contributed by atoms with van der Waals surface area (Å²) in [4.78, 5) is 8.35. The van der Waals surface area contributed by atoms with Gasteiger partial charge in [0, 0.05) is 67.9 Å². The maximum Gasteiger partial charge on any atom is 0.254 e. The van der Waals surface area contributed by atoms with Gasteiger partial charge in [0.15, 0.2) is 5.65 Å². The van der Waals surface area contributed by atoms with E-state index in [4.69, 9.17) is 9.26 Å². The second kappa shape index (κ2) is 11.3. The van der Waals surface area contributed by atoms with Crippen LogP contribution in [-0.2, 0) is 6.54 Å². The number of nitrogens with zero attached hydrogens (tertiary/aromatic N) is 5. The van der Waals surface area contributed by atoms with Crippen LogP contribution >= 0.6 is 0 Å². The molecule has 0 amide bonds. The number of phenolic OH excluding ortho intramolecular Hbond substituents is 1. The first-order valence-electron chi connectivity index (χ1n) is 13.1. The summed E-state index contributed by atoms with van der Waals surface area (Å²) in [6.07, 6.45) is 0.960. The minimum atomic E-state index is 0.208. The van der Waals surface area contributed by atoms with Crippen molar-refractivity contribution in [1.82, 2.24) is 30.1 Å². The Kier molecular flexibility index (Phi) is 7.71. The summed E-state index contributed by atoms with van der Waals surface area (Å²) in [6, 6.07) is 13.2. The Balaban J connectivity index is 1.06. The Morgan fingerprint density at radius 1 is 1.03 bits per heavy atom. The second-order valence-corrected chi connectivity index (χ2v) is 10.3. The number of hydrogen-bond donors (Lipinski definition) is 2. The van der Waals surface area contributed by atoms with E-state index in [1.807, 2.05) is 24.3 Å². The molecular formula is C28H36N6O3. The molecular weight excluding hydrogens is 468 g/mol.